The highest BCUT2D eigenvalue weighted by Crippen LogP contribution is 2.37. The number of nitriles is 1. The van der Waals surface area contributed by atoms with Crippen molar-refractivity contribution in [2.24, 2.45) is 11.8 Å². The number of likely N-dealkylation sites (tertiary alicyclic amines) is 1. The molecule has 0 spiro atoms. The number of aromatic nitrogens is 1. The molecule has 24 heavy (non-hydrogen) atoms. The van der Waals surface area contributed by atoms with Gasteiger partial charge in [0.2, 0.25) is 5.91 Å². The molecule has 0 saturated carbocycles. The highest BCUT2D eigenvalue weighted by Gasteiger charge is 2.46. The summed E-state index contributed by atoms with van der Waals surface area (Å²) in [6.45, 7) is 7.21. The van der Waals surface area contributed by atoms with Gasteiger partial charge in [0.15, 0.2) is 0 Å². The van der Waals surface area contributed by atoms with E-state index in [-0.39, 0.29) is 30.0 Å². The third-order valence-corrected chi connectivity index (χ3v) is 5.70. The molecule has 0 bridgehead atoms. The Morgan fingerprint density at radius 3 is 2.75 bits per heavy atom. The minimum absolute atomic E-state index is 0.0734. The Kier molecular flexibility index (Phi) is 4.60. The molecule has 5 atom stereocenters. The molecule has 2 aliphatic heterocycles. The van der Waals surface area contributed by atoms with Gasteiger partial charge in [-0.05, 0) is 44.7 Å². The lowest BCUT2D eigenvalue weighted by Crippen LogP contribution is -2.51. The van der Waals surface area contributed by atoms with E-state index < -0.39 is 5.41 Å². The Balaban J connectivity index is 1.83. The summed E-state index contributed by atoms with van der Waals surface area (Å²) in [5, 5.41) is 9.85. The molecule has 0 radical (unpaired) electrons. The molecule has 1 amide bonds. The average Bonchev–Trinajstić information content (AvgIpc) is 2.87. The first-order valence-corrected chi connectivity index (χ1v) is 8.75. The molecule has 1 aromatic rings. The van der Waals surface area contributed by atoms with Crippen LogP contribution in [0.2, 0.25) is 0 Å². The van der Waals surface area contributed by atoms with Gasteiger partial charge in [-0.2, -0.15) is 5.26 Å². The number of ether oxygens (including phenoxy) is 1. The second-order valence-electron chi connectivity index (χ2n) is 7.20. The van der Waals surface area contributed by atoms with Crippen LogP contribution in [0.4, 0.5) is 0 Å². The molecule has 3 heterocycles. The van der Waals surface area contributed by atoms with Gasteiger partial charge >= 0.3 is 0 Å². The number of hydrogen-bond acceptors (Lipinski definition) is 4. The molecular formula is C19H25N3O2. The van der Waals surface area contributed by atoms with Gasteiger partial charge in [0, 0.05) is 19.3 Å². The number of hydrogen-bond donors (Lipinski definition) is 0. The SMILES string of the molecule is CC1OC(C)C(C(=O)N2CCCC(C#N)(c3ccccn3)C2)C1C. The lowest BCUT2D eigenvalue weighted by Gasteiger charge is -2.39. The lowest BCUT2D eigenvalue weighted by molar-refractivity contribution is -0.139. The van der Waals surface area contributed by atoms with E-state index in [1.807, 2.05) is 36.9 Å². The highest BCUT2D eigenvalue weighted by molar-refractivity contribution is 5.80. The van der Waals surface area contributed by atoms with Crippen LogP contribution < -0.4 is 0 Å². The van der Waals surface area contributed by atoms with Crippen LogP contribution in [0, 0.1) is 23.2 Å². The normalized spacial score (nSPS) is 36.3. The standard InChI is InChI=1S/C19H25N3O2/c1-13-14(2)24-15(3)17(13)18(23)22-10-6-8-19(11-20,12-22)16-7-4-5-9-21-16/h4-5,7,9,13-15,17H,6,8,10,12H2,1-3H3. The lowest BCUT2D eigenvalue weighted by atomic mass is 9.77. The maximum absolute atomic E-state index is 13.1. The van der Waals surface area contributed by atoms with Crippen LogP contribution in [0.25, 0.3) is 0 Å². The van der Waals surface area contributed by atoms with E-state index in [1.165, 1.54) is 0 Å². The summed E-state index contributed by atoms with van der Waals surface area (Å²) in [7, 11) is 0. The Morgan fingerprint density at radius 2 is 2.17 bits per heavy atom. The van der Waals surface area contributed by atoms with Crippen LogP contribution in [0.1, 0.15) is 39.3 Å². The Labute approximate surface area is 143 Å². The van der Waals surface area contributed by atoms with E-state index in [0.29, 0.717) is 13.1 Å². The number of carbonyl (C=O) groups is 1. The number of rotatable bonds is 2. The summed E-state index contributed by atoms with van der Waals surface area (Å²) in [6.07, 6.45) is 3.30. The molecule has 0 aliphatic carbocycles. The van der Waals surface area contributed by atoms with Crippen molar-refractivity contribution in [2.75, 3.05) is 13.1 Å². The van der Waals surface area contributed by atoms with Crippen molar-refractivity contribution in [2.45, 2.75) is 51.2 Å². The predicted octanol–water partition coefficient (Wildman–Crippen LogP) is 2.52. The van der Waals surface area contributed by atoms with E-state index in [0.717, 1.165) is 18.5 Å². The van der Waals surface area contributed by atoms with Crippen molar-refractivity contribution in [3.63, 3.8) is 0 Å². The van der Waals surface area contributed by atoms with Gasteiger partial charge in [-0.3, -0.25) is 9.78 Å². The topological polar surface area (TPSA) is 66.2 Å². The monoisotopic (exact) mass is 327 g/mol. The van der Waals surface area contributed by atoms with E-state index in [4.69, 9.17) is 4.74 Å². The fourth-order valence-electron chi connectivity index (χ4n) is 4.15. The van der Waals surface area contributed by atoms with Crippen molar-refractivity contribution in [3.8, 4) is 6.07 Å². The van der Waals surface area contributed by atoms with Crippen LogP contribution in [-0.2, 0) is 14.9 Å². The zero-order valence-electron chi connectivity index (χ0n) is 14.6. The van der Waals surface area contributed by atoms with Crippen molar-refractivity contribution >= 4 is 5.91 Å². The predicted molar refractivity (Wildman–Crippen MR) is 90.0 cm³/mol. The molecule has 128 valence electrons. The summed E-state index contributed by atoms with van der Waals surface area (Å²) in [5.74, 6) is 0.189. The summed E-state index contributed by atoms with van der Waals surface area (Å²) in [5.41, 5.74) is 0.0642. The Hall–Kier alpha value is -1.93. The van der Waals surface area contributed by atoms with Crippen molar-refractivity contribution < 1.29 is 9.53 Å². The van der Waals surface area contributed by atoms with Gasteiger partial charge in [-0.1, -0.05) is 13.0 Å². The van der Waals surface area contributed by atoms with E-state index in [2.05, 4.69) is 18.0 Å². The second kappa shape index (κ2) is 6.52. The molecule has 5 unspecified atom stereocenters. The third-order valence-electron chi connectivity index (χ3n) is 5.70. The minimum atomic E-state index is -0.702. The first-order valence-electron chi connectivity index (χ1n) is 8.75. The van der Waals surface area contributed by atoms with Crippen LogP contribution in [0.5, 0.6) is 0 Å². The molecule has 0 N–H and O–H groups in total. The Bertz CT molecular complexity index is 642. The van der Waals surface area contributed by atoms with Gasteiger partial charge in [0.25, 0.3) is 0 Å². The summed E-state index contributed by atoms with van der Waals surface area (Å²) < 4.78 is 5.84. The number of carbonyl (C=O) groups excluding carboxylic acids is 1. The molecule has 2 saturated heterocycles. The quantitative estimate of drug-likeness (QED) is 0.837. The van der Waals surface area contributed by atoms with Crippen LogP contribution in [0.15, 0.2) is 24.4 Å². The van der Waals surface area contributed by atoms with Crippen molar-refractivity contribution in [1.29, 1.82) is 5.26 Å². The zero-order valence-corrected chi connectivity index (χ0v) is 14.6. The first kappa shape index (κ1) is 16.9. The smallest absolute Gasteiger partial charge is 0.228 e. The highest BCUT2D eigenvalue weighted by atomic mass is 16.5. The average molecular weight is 327 g/mol. The molecule has 0 aromatic carbocycles. The van der Waals surface area contributed by atoms with Gasteiger partial charge in [0.1, 0.15) is 5.41 Å². The molecule has 2 aliphatic rings. The van der Waals surface area contributed by atoms with Crippen molar-refractivity contribution in [3.05, 3.63) is 30.1 Å². The van der Waals surface area contributed by atoms with E-state index in [9.17, 15) is 10.1 Å². The van der Waals surface area contributed by atoms with E-state index >= 15 is 0 Å². The van der Waals surface area contributed by atoms with Crippen molar-refractivity contribution in [1.82, 2.24) is 9.88 Å². The van der Waals surface area contributed by atoms with Crippen LogP contribution in [0.3, 0.4) is 0 Å². The molecule has 5 heteroatoms. The molecular weight excluding hydrogens is 302 g/mol. The number of pyridine rings is 1. The molecule has 5 nitrogen and oxygen atoms in total. The molecule has 3 rings (SSSR count). The molecule has 2 fully saturated rings. The maximum atomic E-state index is 13.1. The fraction of sp³-hybridized carbons (Fsp3) is 0.632. The summed E-state index contributed by atoms with van der Waals surface area (Å²) in [4.78, 5) is 19.4. The maximum Gasteiger partial charge on any atom is 0.228 e. The minimum Gasteiger partial charge on any atom is -0.374 e. The summed E-state index contributed by atoms with van der Waals surface area (Å²) in [6, 6.07) is 8.09. The van der Waals surface area contributed by atoms with Crippen LogP contribution in [-0.4, -0.2) is 41.1 Å². The Morgan fingerprint density at radius 1 is 1.38 bits per heavy atom. The fourth-order valence-corrected chi connectivity index (χ4v) is 4.15. The second-order valence-corrected chi connectivity index (χ2v) is 7.20. The third kappa shape index (κ3) is 2.80. The number of nitrogens with zero attached hydrogens (tertiary/aromatic N) is 3. The van der Waals surface area contributed by atoms with Gasteiger partial charge in [-0.15, -0.1) is 0 Å². The molecule has 1 aromatic heterocycles. The van der Waals surface area contributed by atoms with Crippen LogP contribution >= 0.6 is 0 Å². The van der Waals surface area contributed by atoms with Gasteiger partial charge < -0.3 is 9.64 Å². The van der Waals surface area contributed by atoms with E-state index in [1.54, 1.807) is 6.20 Å². The zero-order chi connectivity index (χ0) is 17.3. The summed E-state index contributed by atoms with van der Waals surface area (Å²) >= 11 is 0. The van der Waals surface area contributed by atoms with Gasteiger partial charge in [-0.25, -0.2) is 0 Å². The largest absolute Gasteiger partial charge is 0.374 e. The first-order chi connectivity index (χ1) is 11.5. The number of amides is 1. The number of piperidine rings is 1. The van der Waals surface area contributed by atoms with Gasteiger partial charge in [0.05, 0.1) is 29.9 Å².